The van der Waals surface area contributed by atoms with Crippen molar-refractivity contribution in [1.82, 2.24) is 14.8 Å². The molecule has 0 radical (unpaired) electrons. The van der Waals surface area contributed by atoms with Crippen LogP contribution >= 0.6 is 35.0 Å². The predicted molar refractivity (Wildman–Crippen MR) is 99.1 cm³/mol. The second kappa shape index (κ2) is 8.24. The minimum absolute atomic E-state index is 0.0916. The van der Waals surface area contributed by atoms with Gasteiger partial charge in [0.25, 0.3) is 0 Å². The first-order chi connectivity index (χ1) is 12.5. The number of ether oxygens (including phenoxy) is 1. The molecule has 0 amide bonds. The summed E-state index contributed by atoms with van der Waals surface area (Å²) < 4.78 is 30.6. The Morgan fingerprint density at radius 3 is 2.35 bits per heavy atom. The molecule has 1 aromatic heterocycles. The first-order valence-electron chi connectivity index (χ1n) is 7.46. The average Bonchev–Trinajstić information content (AvgIpc) is 2.95. The van der Waals surface area contributed by atoms with Crippen molar-refractivity contribution in [2.45, 2.75) is 17.5 Å². The van der Waals surface area contributed by atoms with Crippen LogP contribution in [-0.2, 0) is 12.8 Å². The molecule has 0 unspecified atom stereocenters. The topological polar surface area (TPSA) is 39.9 Å². The van der Waals surface area contributed by atoms with Crippen LogP contribution in [0.25, 0.3) is 11.4 Å². The van der Waals surface area contributed by atoms with Gasteiger partial charge in [-0.2, -0.15) is 8.78 Å². The van der Waals surface area contributed by atoms with Crippen LogP contribution in [-0.4, -0.2) is 21.4 Å². The minimum atomic E-state index is -2.85. The number of rotatable bonds is 6. The fourth-order valence-electron chi connectivity index (χ4n) is 2.28. The van der Waals surface area contributed by atoms with E-state index in [2.05, 4.69) is 14.9 Å². The zero-order valence-corrected chi connectivity index (χ0v) is 15.8. The molecular formula is C17H13Cl2F2N3OS. The van der Waals surface area contributed by atoms with E-state index in [1.165, 1.54) is 23.9 Å². The molecule has 26 heavy (non-hydrogen) atoms. The molecule has 2 aromatic carbocycles. The Morgan fingerprint density at radius 2 is 1.73 bits per heavy atom. The van der Waals surface area contributed by atoms with E-state index in [1.54, 1.807) is 30.3 Å². The summed E-state index contributed by atoms with van der Waals surface area (Å²) in [6.07, 6.45) is 0. The molecule has 0 aliphatic heterocycles. The number of benzene rings is 2. The quantitative estimate of drug-likeness (QED) is 0.485. The average molecular weight is 416 g/mol. The van der Waals surface area contributed by atoms with E-state index < -0.39 is 6.61 Å². The van der Waals surface area contributed by atoms with Gasteiger partial charge in [0.05, 0.1) is 0 Å². The number of hydrogen-bond acceptors (Lipinski definition) is 4. The summed E-state index contributed by atoms with van der Waals surface area (Å²) in [6, 6.07) is 11.6. The first kappa shape index (κ1) is 18.9. The molecule has 0 saturated heterocycles. The third-order valence-corrected chi connectivity index (χ3v) is 5.33. The van der Waals surface area contributed by atoms with Crippen molar-refractivity contribution in [3.8, 4) is 17.1 Å². The molecule has 0 atom stereocenters. The summed E-state index contributed by atoms with van der Waals surface area (Å²) in [5.74, 6) is 1.25. The molecule has 0 spiro atoms. The van der Waals surface area contributed by atoms with E-state index >= 15 is 0 Å². The Morgan fingerprint density at radius 1 is 1.08 bits per heavy atom. The largest absolute Gasteiger partial charge is 0.435 e. The van der Waals surface area contributed by atoms with Crippen molar-refractivity contribution < 1.29 is 13.5 Å². The summed E-state index contributed by atoms with van der Waals surface area (Å²) in [6.45, 7) is -2.85. The Bertz CT molecular complexity index is 883. The van der Waals surface area contributed by atoms with E-state index in [0.717, 1.165) is 11.1 Å². The SMILES string of the molecule is Cn1c(SCc2c(Cl)cccc2Cl)nnc1-c1ccc(OC(F)F)cc1. The standard InChI is InChI=1S/C17H13Cl2F2N3OS/c1-24-15(10-5-7-11(8-6-10)25-16(20)21)22-23-17(24)26-9-12-13(18)3-2-4-14(12)19/h2-8,16H,9H2,1H3. The van der Waals surface area contributed by atoms with Gasteiger partial charge in [0.2, 0.25) is 0 Å². The second-order valence-electron chi connectivity index (χ2n) is 5.26. The van der Waals surface area contributed by atoms with Gasteiger partial charge in [-0.15, -0.1) is 10.2 Å². The lowest BCUT2D eigenvalue weighted by Gasteiger charge is -2.08. The molecule has 0 N–H and O–H groups in total. The van der Waals surface area contributed by atoms with Gasteiger partial charge in [0.1, 0.15) is 5.75 Å². The van der Waals surface area contributed by atoms with Crippen molar-refractivity contribution in [3.63, 3.8) is 0 Å². The lowest BCUT2D eigenvalue weighted by molar-refractivity contribution is -0.0498. The first-order valence-corrected chi connectivity index (χ1v) is 9.20. The van der Waals surface area contributed by atoms with Gasteiger partial charge >= 0.3 is 6.61 Å². The maximum Gasteiger partial charge on any atom is 0.387 e. The van der Waals surface area contributed by atoms with Gasteiger partial charge in [0.15, 0.2) is 11.0 Å². The highest BCUT2D eigenvalue weighted by molar-refractivity contribution is 7.98. The van der Waals surface area contributed by atoms with E-state index in [9.17, 15) is 8.78 Å². The van der Waals surface area contributed by atoms with E-state index in [-0.39, 0.29) is 5.75 Å². The highest BCUT2D eigenvalue weighted by Gasteiger charge is 2.14. The molecule has 1 heterocycles. The molecule has 136 valence electrons. The number of nitrogens with zero attached hydrogens (tertiary/aromatic N) is 3. The third-order valence-electron chi connectivity index (χ3n) is 3.58. The summed E-state index contributed by atoms with van der Waals surface area (Å²) in [5.41, 5.74) is 1.57. The van der Waals surface area contributed by atoms with Crippen LogP contribution in [0.3, 0.4) is 0 Å². The Labute approximate surface area is 163 Å². The van der Waals surface area contributed by atoms with Gasteiger partial charge in [-0.3, -0.25) is 0 Å². The summed E-state index contributed by atoms with van der Waals surface area (Å²) >= 11 is 13.8. The lowest BCUT2D eigenvalue weighted by atomic mass is 10.2. The number of aromatic nitrogens is 3. The van der Waals surface area contributed by atoms with Crippen LogP contribution in [0.5, 0.6) is 5.75 Å². The van der Waals surface area contributed by atoms with Crippen molar-refractivity contribution in [2.75, 3.05) is 0 Å². The maximum atomic E-state index is 12.2. The molecular weight excluding hydrogens is 403 g/mol. The summed E-state index contributed by atoms with van der Waals surface area (Å²) in [4.78, 5) is 0. The van der Waals surface area contributed by atoms with Crippen LogP contribution in [0.2, 0.25) is 10.0 Å². The smallest absolute Gasteiger partial charge is 0.387 e. The van der Waals surface area contributed by atoms with Gasteiger partial charge in [0, 0.05) is 28.4 Å². The number of thioether (sulfide) groups is 1. The van der Waals surface area contributed by atoms with E-state index in [1.807, 2.05) is 11.6 Å². The Kier molecular flexibility index (Phi) is 6.01. The van der Waals surface area contributed by atoms with Gasteiger partial charge in [-0.25, -0.2) is 0 Å². The monoisotopic (exact) mass is 415 g/mol. The van der Waals surface area contributed by atoms with E-state index in [0.29, 0.717) is 26.8 Å². The lowest BCUT2D eigenvalue weighted by Crippen LogP contribution is -2.01. The van der Waals surface area contributed by atoms with Crippen LogP contribution in [0, 0.1) is 0 Å². The van der Waals surface area contributed by atoms with Crippen molar-refractivity contribution in [2.24, 2.45) is 7.05 Å². The highest BCUT2D eigenvalue weighted by Crippen LogP contribution is 2.32. The molecule has 3 rings (SSSR count). The van der Waals surface area contributed by atoms with Crippen LogP contribution in [0.1, 0.15) is 5.56 Å². The zero-order chi connectivity index (χ0) is 18.7. The zero-order valence-electron chi connectivity index (χ0n) is 13.5. The number of hydrogen-bond donors (Lipinski definition) is 0. The van der Waals surface area contributed by atoms with Crippen LogP contribution < -0.4 is 4.74 Å². The maximum absolute atomic E-state index is 12.2. The fraction of sp³-hybridized carbons (Fsp3) is 0.176. The minimum Gasteiger partial charge on any atom is -0.435 e. The van der Waals surface area contributed by atoms with Crippen molar-refractivity contribution in [3.05, 3.63) is 58.1 Å². The summed E-state index contributed by atoms with van der Waals surface area (Å²) in [7, 11) is 1.83. The van der Waals surface area contributed by atoms with Crippen molar-refractivity contribution >= 4 is 35.0 Å². The Hall–Kier alpha value is -1.83. The van der Waals surface area contributed by atoms with Crippen molar-refractivity contribution in [1.29, 1.82) is 0 Å². The third kappa shape index (κ3) is 4.28. The molecule has 9 heteroatoms. The Balaban J connectivity index is 1.75. The molecule has 4 nitrogen and oxygen atoms in total. The molecule has 0 aliphatic carbocycles. The van der Waals surface area contributed by atoms with Gasteiger partial charge in [-0.05, 0) is 42.0 Å². The molecule has 3 aromatic rings. The van der Waals surface area contributed by atoms with E-state index in [4.69, 9.17) is 23.2 Å². The van der Waals surface area contributed by atoms with Crippen LogP contribution in [0.4, 0.5) is 8.78 Å². The normalized spacial score (nSPS) is 11.2. The highest BCUT2D eigenvalue weighted by atomic mass is 35.5. The van der Waals surface area contributed by atoms with Gasteiger partial charge in [-0.1, -0.05) is 41.0 Å². The fourth-order valence-corrected chi connectivity index (χ4v) is 3.94. The molecule has 0 saturated carbocycles. The van der Waals surface area contributed by atoms with Crippen LogP contribution in [0.15, 0.2) is 47.6 Å². The number of halogens is 4. The van der Waals surface area contributed by atoms with Gasteiger partial charge < -0.3 is 9.30 Å². The second-order valence-corrected chi connectivity index (χ2v) is 7.01. The predicted octanol–water partition coefficient (Wildman–Crippen LogP) is 5.68. The molecule has 0 fully saturated rings. The number of alkyl halides is 2. The molecule has 0 bridgehead atoms. The molecule has 0 aliphatic rings. The summed E-state index contributed by atoms with van der Waals surface area (Å²) in [5, 5.41) is 10.2.